The summed E-state index contributed by atoms with van der Waals surface area (Å²) in [4.78, 5) is 29.1. The first-order valence-electron chi connectivity index (χ1n) is 12.1. The summed E-state index contributed by atoms with van der Waals surface area (Å²) in [7, 11) is 0. The minimum atomic E-state index is -0.604. The molecule has 0 heterocycles. The molecule has 1 N–H and O–H groups in total. The highest BCUT2D eigenvalue weighted by Gasteiger charge is 2.31. The Morgan fingerprint density at radius 3 is 1.97 bits per heavy atom. The Labute approximate surface area is 204 Å². The number of amides is 2. The number of nitrogens with one attached hydrogen (secondary N) is 1. The lowest BCUT2D eigenvalue weighted by atomic mass is 9.99. The Morgan fingerprint density at radius 2 is 1.38 bits per heavy atom. The normalized spacial score (nSPS) is 12.6. The van der Waals surface area contributed by atoms with Gasteiger partial charge < -0.3 is 10.2 Å². The van der Waals surface area contributed by atoms with Crippen LogP contribution in [0.3, 0.4) is 0 Å². The summed E-state index contributed by atoms with van der Waals surface area (Å²) in [6.45, 7) is 8.50. The molecular weight excluding hydrogens is 420 g/mol. The number of benzene rings is 3. The van der Waals surface area contributed by atoms with Crippen molar-refractivity contribution in [2.45, 2.75) is 65.6 Å². The molecule has 0 spiro atoms. The van der Waals surface area contributed by atoms with Crippen LogP contribution in [0.25, 0.3) is 0 Å². The van der Waals surface area contributed by atoms with Crippen LogP contribution >= 0.6 is 0 Å². The van der Waals surface area contributed by atoms with Gasteiger partial charge in [0.25, 0.3) is 0 Å². The number of hydrogen-bond acceptors (Lipinski definition) is 2. The third-order valence-corrected chi connectivity index (χ3v) is 6.48. The van der Waals surface area contributed by atoms with Crippen molar-refractivity contribution in [3.05, 3.63) is 107 Å². The highest BCUT2D eigenvalue weighted by atomic mass is 16.2. The average Bonchev–Trinajstić information content (AvgIpc) is 2.84. The van der Waals surface area contributed by atoms with Gasteiger partial charge in [-0.1, -0.05) is 85.8 Å². The summed E-state index contributed by atoms with van der Waals surface area (Å²) in [5, 5.41) is 3.13. The van der Waals surface area contributed by atoms with Crippen molar-refractivity contribution in [3.8, 4) is 0 Å². The molecule has 0 aliphatic rings. The van der Waals surface area contributed by atoms with Crippen LogP contribution in [0.4, 0.5) is 0 Å². The Hall–Kier alpha value is -3.40. The number of hydrogen-bond donors (Lipinski definition) is 1. The molecule has 0 saturated carbocycles. The van der Waals surface area contributed by atoms with Crippen molar-refractivity contribution in [2.75, 3.05) is 0 Å². The summed E-state index contributed by atoms with van der Waals surface area (Å²) < 4.78 is 0. The number of carbonyl (C=O) groups is 2. The van der Waals surface area contributed by atoms with Gasteiger partial charge in [-0.15, -0.1) is 0 Å². The van der Waals surface area contributed by atoms with Crippen LogP contribution in [-0.2, 0) is 29.0 Å². The third kappa shape index (κ3) is 6.80. The van der Waals surface area contributed by atoms with Crippen molar-refractivity contribution in [1.82, 2.24) is 10.2 Å². The molecular formula is C30H36N2O2. The summed E-state index contributed by atoms with van der Waals surface area (Å²) >= 11 is 0. The van der Waals surface area contributed by atoms with Crippen LogP contribution in [-0.4, -0.2) is 28.8 Å². The Kier molecular flexibility index (Phi) is 9.03. The second kappa shape index (κ2) is 12.2. The van der Waals surface area contributed by atoms with E-state index in [0.29, 0.717) is 13.0 Å². The Morgan fingerprint density at radius 1 is 0.824 bits per heavy atom. The van der Waals surface area contributed by atoms with E-state index in [0.717, 1.165) is 34.2 Å². The predicted octanol–water partition coefficient (Wildman–Crippen LogP) is 5.40. The van der Waals surface area contributed by atoms with E-state index in [9.17, 15) is 9.59 Å². The molecule has 0 aliphatic heterocycles. The molecule has 0 saturated heterocycles. The number of aryl methyl sites for hydroxylation is 2. The van der Waals surface area contributed by atoms with E-state index in [4.69, 9.17) is 0 Å². The highest BCUT2D eigenvalue weighted by Crippen LogP contribution is 2.19. The SMILES string of the molecule is CCC(C)NC(=O)C(Cc1ccccc1)N(Cc1ccccc1C)C(=O)Cc1ccccc1C. The second-order valence-corrected chi connectivity index (χ2v) is 9.07. The van der Waals surface area contributed by atoms with E-state index in [1.54, 1.807) is 4.90 Å². The first-order chi connectivity index (χ1) is 16.4. The van der Waals surface area contributed by atoms with Gasteiger partial charge in [0.05, 0.1) is 6.42 Å². The largest absolute Gasteiger partial charge is 0.352 e. The molecule has 0 bridgehead atoms. The number of carbonyl (C=O) groups excluding carboxylic acids is 2. The van der Waals surface area contributed by atoms with Gasteiger partial charge in [-0.05, 0) is 55.0 Å². The third-order valence-electron chi connectivity index (χ3n) is 6.48. The molecule has 2 amide bonds. The van der Waals surface area contributed by atoms with Gasteiger partial charge in [-0.2, -0.15) is 0 Å². The van der Waals surface area contributed by atoms with Crippen LogP contribution < -0.4 is 5.32 Å². The minimum Gasteiger partial charge on any atom is -0.352 e. The van der Waals surface area contributed by atoms with Crippen molar-refractivity contribution < 1.29 is 9.59 Å². The molecule has 34 heavy (non-hydrogen) atoms. The van der Waals surface area contributed by atoms with E-state index in [2.05, 4.69) is 5.32 Å². The second-order valence-electron chi connectivity index (χ2n) is 9.07. The first-order valence-corrected chi connectivity index (χ1v) is 12.1. The molecule has 3 aromatic rings. The quantitative estimate of drug-likeness (QED) is 0.444. The Bertz CT molecular complexity index is 1090. The minimum absolute atomic E-state index is 0.0394. The zero-order chi connectivity index (χ0) is 24.5. The van der Waals surface area contributed by atoms with Crippen molar-refractivity contribution in [2.24, 2.45) is 0 Å². The van der Waals surface area contributed by atoms with Gasteiger partial charge in [-0.25, -0.2) is 0 Å². The van der Waals surface area contributed by atoms with Crippen molar-refractivity contribution in [1.29, 1.82) is 0 Å². The molecule has 2 unspecified atom stereocenters. The highest BCUT2D eigenvalue weighted by molar-refractivity contribution is 5.89. The lowest BCUT2D eigenvalue weighted by Gasteiger charge is -2.33. The van der Waals surface area contributed by atoms with E-state index in [1.165, 1.54) is 0 Å². The van der Waals surface area contributed by atoms with E-state index in [1.807, 2.05) is 107 Å². The number of nitrogens with zero attached hydrogens (tertiary/aromatic N) is 1. The molecule has 4 heteroatoms. The van der Waals surface area contributed by atoms with Crippen LogP contribution in [0.1, 0.15) is 48.1 Å². The van der Waals surface area contributed by atoms with Gasteiger partial charge >= 0.3 is 0 Å². The fourth-order valence-electron chi connectivity index (χ4n) is 4.04. The number of rotatable bonds is 10. The summed E-state index contributed by atoms with van der Waals surface area (Å²) in [5.41, 5.74) is 5.26. The first kappa shape index (κ1) is 25.2. The topological polar surface area (TPSA) is 49.4 Å². The standard InChI is InChI=1S/C30H36N2O2/c1-5-24(4)31-30(34)28(19-25-15-7-6-8-16-25)32(21-27-18-12-10-14-23(27)3)29(33)20-26-17-11-9-13-22(26)2/h6-18,24,28H,5,19-21H2,1-4H3,(H,31,34). The van der Waals surface area contributed by atoms with Gasteiger partial charge in [0, 0.05) is 19.0 Å². The van der Waals surface area contributed by atoms with Crippen LogP contribution in [0.15, 0.2) is 78.9 Å². The predicted molar refractivity (Wildman–Crippen MR) is 138 cm³/mol. The fraction of sp³-hybridized carbons (Fsp3) is 0.333. The van der Waals surface area contributed by atoms with Crippen LogP contribution in [0.2, 0.25) is 0 Å². The summed E-state index contributed by atoms with van der Waals surface area (Å²) in [5.74, 6) is -0.150. The maximum absolute atomic E-state index is 13.8. The molecule has 0 fully saturated rings. The Balaban J connectivity index is 2.00. The van der Waals surface area contributed by atoms with Gasteiger partial charge in [0.2, 0.25) is 11.8 Å². The zero-order valence-corrected chi connectivity index (χ0v) is 20.8. The summed E-state index contributed by atoms with van der Waals surface area (Å²) in [6, 6.07) is 25.4. The van der Waals surface area contributed by atoms with E-state index in [-0.39, 0.29) is 24.3 Å². The molecule has 0 aromatic heterocycles. The van der Waals surface area contributed by atoms with Crippen LogP contribution in [0.5, 0.6) is 0 Å². The lowest BCUT2D eigenvalue weighted by molar-refractivity contribution is -0.141. The average molecular weight is 457 g/mol. The monoisotopic (exact) mass is 456 g/mol. The van der Waals surface area contributed by atoms with E-state index >= 15 is 0 Å². The van der Waals surface area contributed by atoms with Crippen molar-refractivity contribution >= 4 is 11.8 Å². The molecule has 0 aliphatic carbocycles. The molecule has 2 atom stereocenters. The maximum Gasteiger partial charge on any atom is 0.243 e. The zero-order valence-electron chi connectivity index (χ0n) is 20.8. The van der Waals surface area contributed by atoms with Gasteiger partial charge in [0.1, 0.15) is 6.04 Å². The van der Waals surface area contributed by atoms with Crippen LogP contribution in [0, 0.1) is 13.8 Å². The molecule has 4 nitrogen and oxygen atoms in total. The molecule has 178 valence electrons. The van der Waals surface area contributed by atoms with Gasteiger partial charge in [0.15, 0.2) is 0 Å². The molecule has 3 aromatic carbocycles. The lowest BCUT2D eigenvalue weighted by Crippen LogP contribution is -2.52. The maximum atomic E-state index is 13.8. The smallest absolute Gasteiger partial charge is 0.243 e. The molecule has 0 radical (unpaired) electrons. The summed E-state index contributed by atoms with van der Waals surface area (Å²) in [6.07, 6.45) is 1.56. The van der Waals surface area contributed by atoms with Crippen molar-refractivity contribution in [3.63, 3.8) is 0 Å². The van der Waals surface area contributed by atoms with Gasteiger partial charge in [-0.3, -0.25) is 9.59 Å². The van der Waals surface area contributed by atoms with E-state index < -0.39 is 6.04 Å². The fourth-order valence-corrected chi connectivity index (χ4v) is 4.04. The molecule has 3 rings (SSSR count).